The van der Waals surface area contributed by atoms with Gasteiger partial charge in [0.15, 0.2) is 0 Å². The maximum absolute atomic E-state index is 13.6. The van der Waals surface area contributed by atoms with Gasteiger partial charge in [-0.1, -0.05) is 54.6 Å². The highest BCUT2D eigenvalue weighted by molar-refractivity contribution is 5.76. The van der Waals surface area contributed by atoms with Crippen molar-refractivity contribution in [2.24, 2.45) is 0 Å². The molecule has 2 aliphatic rings. The van der Waals surface area contributed by atoms with E-state index in [4.69, 9.17) is 0 Å². The van der Waals surface area contributed by atoms with E-state index in [1.165, 1.54) is 27.8 Å². The third-order valence-corrected chi connectivity index (χ3v) is 7.36. The average molecular weight is 455 g/mol. The molecule has 0 bridgehead atoms. The molecule has 0 spiro atoms. The van der Waals surface area contributed by atoms with Gasteiger partial charge in [0.1, 0.15) is 0 Å². The number of aromatic nitrogens is 1. The van der Waals surface area contributed by atoms with Gasteiger partial charge in [-0.15, -0.1) is 0 Å². The molecule has 1 N–H and O–H groups in total. The predicted molar refractivity (Wildman–Crippen MR) is 136 cm³/mol. The maximum Gasteiger partial charge on any atom is 0.318 e. The van der Waals surface area contributed by atoms with Gasteiger partial charge in [0.05, 0.1) is 6.04 Å². The molecule has 0 radical (unpaired) electrons. The Morgan fingerprint density at radius 3 is 2.56 bits per heavy atom. The van der Waals surface area contributed by atoms with Crippen molar-refractivity contribution in [3.63, 3.8) is 0 Å². The molecule has 2 aliphatic heterocycles. The maximum atomic E-state index is 13.6. The van der Waals surface area contributed by atoms with Gasteiger partial charge >= 0.3 is 6.03 Å². The molecule has 1 fully saturated rings. The van der Waals surface area contributed by atoms with E-state index in [1.807, 2.05) is 12.4 Å². The number of carbonyl (C=O) groups excluding carboxylic acids is 1. The van der Waals surface area contributed by atoms with Crippen LogP contribution in [0.15, 0.2) is 73.1 Å². The highest BCUT2D eigenvalue weighted by Crippen LogP contribution is 2.36. The number of piperidine rings is 1. The van der Waals surface area contributed by atoms with Crippen molar-refractivity contribution in [1.29, 1.82) is 0 Å². The molecule has 1 saturated heterocycles. The molecule has 34 heavy (non-hydrogen) atoms. The van der Waals surface area contributed by atoms with Gasteiger partial charge in [-0.2, -0.15) is 0 Å². The molecular formula is C29H34N4O. The lowest BCUT2D eigenvalue weighted by Gasteiger charge is -2.43. The number of amides is 2. The minimum Gasteiger partial charge on any atom is -0.338 e. The predicted octanol–water partition coefficient (Wildman–Crippen LogP) is 5.10. The van der Waals surface area contributed by atoms with Gasteiger partial charge in [0, 0.05) is 44.6 Å². The number of aryl methyl sites for hydroxylation is 2. The van der Waals surface area contributed by atoms with Crippen LogP contribution in [0.1, 0.15) is 53.1 Å². The molecule has 3 aromatic rings. The summed E-state index contributed by atoms with van der Waals surface area (Å²) < 4.78 is 0. The molecule has 0 aliphatic carbocycles. The first-order valence-electron chi connectivity index (χ1n) is 12.5. The van der Waals surface area contributed by atoms with Crippen LogP contribution in [0.3, 0.4) is 0 Å². The number of urea groups is 1. The van der Waals surface area contributed by atoms with Gasteiger partial charge in [-0.25, -0.2) is 4.79 Å². The highest BCUT2D eigenvalue weighted by Gasteiger charge is 2.36. The molecule has 0 saturated carbocycles. The van der Waals surface area contributed by atoms with Crippen LogP contribution < -0.4 is 5.32 Å². The molecule has 3 heterocycles. The van der Waals surface area contributed by atoms with Crippen molar-refractivity contribution in [2.45, 2.75) is 51.2 Å². The van der Waals surface area contributed by atoms with Crippen molar-refractivity contribution < 1.29 is 4.79 Å². The van der Waals surface area contributed by atoms with Crippen LogP contribution in [0.5, 0.6) is 0 Å². The Morgan fingerprint density at radius 1 is 1.00 bits per heavy atom. The quantitative estimate of drug-likeness (QED) is 0.597. The van der Waals surface area contributed by atoms with Crippen LogP contribution >= 0.6 is 0 Å². The molecule has 1 unspecified atom stereocenters. The largest absolute Gasteiger partial charge is 0.338 e. The lowest BCUT2D eigenvalue weighted by atomic mass is 9.89. The van der Waals surface area contributed by atoms with E-state index in [0.29, 0.717) is 6.54 Å². The number of pyridine rings is 1. The number of benzene rings is 2. The Kier molecular flexibility index (Phi) is 6.91. The topological polar surface area (TPSA) is 48.5 Å². The standard InChI is InChI=1S/C29H34N4O/c1-22-20-30-17-13-25(22)21-32-18-14-26(15-19-32)33-28(24-9-3-2-4-10-24)27-12-6-5-8-23(27)11-7-16-31-29(33)34/h2-6,8-10,12-13,17,20,26,28H,7,11,14-16,18-19,21H2,1H3,(H,31,34). The summed E-state index contributed by atoms with van der Waals surface area (Å²) >= 11 is 0. The zero-order valence-electron chi connectivity index (χ0n) is 20.0. The van der Waals surface area contributed by atoms with Crippen molar-refractivity contribution in [2.75, 3.05) is 19.6 Å². The number of rotatable bonds is 4. The zero-order chi connectivity index (χ0) is 23.3. The molecule has 1 aromatic heterocycles. The van der Waals surface area contributed by atoms with Gasteiger partial charge < -0.3 is 10.2 Å². The Hall–Kier alpha value is -3.18. The fourth-order valence-corrected chi connectivity index (χ4v) is 5.49. The summed E-state index contributed by atoms with van der Waals surface area (Å²) in [5.41, 5.74) is 6.38. The normalized spacial score (nSPS) is 20.1. The fraction of sp³-hybridized carbons (Fsp3) is 0.379. The third kappa shape index (κ3) is 4.85. The third-order valence-electron chi connectivity index (χ3n) is 7.36. The molecule has 1 atom stereocenters. The molecule has 5 nitrogen and oxygen atoms in total. The number of likely N-dealkylation sites (tertiary alicyclic amines) is 1. The second kappa shape index (κ2) is 10.4. The second-order valence-electron chi connectivity index (χ2n) is 9.56. The van der Waals surface area contributed by atoms with Crippen LogP contribution in [-0.2, 0) is 13.0 Å². The monoisotopic (exact) mass is 454 g/mol. The van der Waals surface area contributed by atoms with E-state index in [-0.39, 0.29) is 18.1 Å². The Balaban J connectivity index is 1.43. The lowest BCUT2D eigenvalue weighted by molar-refractivity contribution is 0.101. The number of hydrogen-bond acceptors (Lipinski definition) is 3. The van der Waals surface area contributed by atoms with Gasteiger partial charge in [-0.3, -0.25) is 9.88 Å². The number of hydrogen-bond donors (Lipinski definition) is 1. The molecule has 5 rings (SSSR count). The van der Waals surface area contributed by atoms with E-state index in [9.17, 15) is 4.79 Å². The Labute approximate surface area is 202 Å². The van der Waals surface area contributed by atoms with E-state index in [0.717, 1.165) is 45.3 Å². The molecule has 176 valence electrons. The van der Waals surface area contributed by atoms with Gasteiger partial charge in [0.25, 0.3) is 0 Å². The number of carbonyl (C=O) groups is 1. The van der Waals surface area contributed by atoms with E-state index in [2.05, 4.69) is 87.7 Å². The SMILES string of the molecule is Cc1cnccc1CN1CCC(N2C(=O)NCCCc3ccccc3C2c2ccccc2)CC1. The Morgan fingerprint density at radius 2 is 1.76 bits per heavy atom. The summed E-state index contributed by atoms with van der Waals surface area (Å²) in [6.07, 6.45) is 7.72. The summed E-state index contributed by atoms with van der Waals surface area (Å²) in [6.45, 7) is 5.76. The molecule has 5 heteroatoms. The van der Waals surface area contributed by atoms with Crippen LogP contribution in [-0.4, -0.2) is 46.5 Å². The lowest BCUT2D eigenvalue weighted by Crippen LogP contribution is -2.52. The summed E-state index contributed by atoms with van der Waals surface area (Å²) in [7, 11) is 0. The van der Waals surface area contributed by atoms with E-state index >= 15 is 0 Å². The summed E-state index contributed by atoms with van der Waals surface area (Å²) in [4.78, 5) is 22.5. The molecular weight excluding hydrogens is 420 g/mol. The van der Waals surface area contributed by atoms with Crippen molar-refractivity contribution >= 4 is 6.03 Å². The number of nitrogens with one attached hydrogen (secondary N) is 1. The van der Waals surface area contributed by atoms with Crippen molar-refractivity contribution in [3.05, 3.63) is 101 Å². The van der Waals surface area contributed by atoms with E-state index < -0.39 is 0 Å². The minimum absolute atomic E-state index is 0.0639. The average Bonchev–Trinajstić information content (AvgIpc) is 2.94. The number of fused-ring (bicyclic) bond motifs is 1. The first-order chi connectivity index (χ1) is 16.7. The van der Waals surface area contributed by atoms with Gasteiger partial charge in [0.2, 0.25) is 0 Å². The summed E-state index contributed by atoms with van der Waals surface area (Å²) in [5, 5.41) is 3.23. The highest BCUT2D eigenvalue weighted by atomic mass is 16.2. The van der Waals surface area contributed by atoms with Crippen molar-refractivity contribution in [3.8, 4) is 0 Å². The summed E-state index contributed by atoms with van der Waals surface area (Å²) in [5.74, 6) is 0. The molecule has 2 amide bonds. The zero-order valence-corrected chi connectivity index (χ0v) is 20.0. The second-order valence-corrected chi connectivity index (χ2v) is 9.56. The smallest absolute Gasteiger partial charge is 0.318 e. The molecule has 2 aromatic carbocycles. The number of nitrogens with zero attached hydrogens (tertiary/aromatic N) is 3. The van der Waals surface area contributed by atoms with Crippen LogP contribution in [0.4, 0.5) is 4.79 Å². The minimum atomic E-state index is -0.0745. The summed E-state index contributed by atoms with van der Waals surface area (Å²) in [6, 6.07) is 21.6. The fourth-order valence-electron chi connectivity index (χ4n) is 5.49. The first-order valence-corrected chi connectivity index (χ1v) is 12.5. The van der Waals surface area contributed by atoms with Gasteiger partial charge in [-0.05, 0) is 66.5 Å². The van der Waals surface area contributed by atoms with Crippen molar-refractivity contribution in [1.82, 2.24) is 20.1 Å². The van der Waals surface area contributed by atoms with E-state index in [1.54, 1.807) is 0 Å². The van der Waals surface area contributed by atoms with Crippen LogP contribution in [0.25, 0.3) is 0 Å². The Bertz CT molecular complexity index is 1110. The first kappa shape index (κ1) is 22.6. The van der Waals surface area contributed by atoms with Crippen LogP contribution in [0, 0.1) is 6.92 Å². The van der Waals surface area contributed by atoms with Crippen LogP contribution in [0.2, 0.25) is 0 Å².